The number of benzene rings is 1. The standard InChI is InChI=1S/C29H39N5O4/c1-20-17-22-18-23(12-13-25(22)38-20)30-29(32-27(36)21-9-3-2-4-10-21)31-24-11-5-6-16-34(28(24)37)19-26(35)33-14-7-8-15-33/h12-13,17-18,21,24H,2-11,14-16,19H2,1H3,(H2,30,31,32,36)/t24-/m0/s1. The van der Waals surface area contributed by atoms with E-state index in [1.54, 1.807) is 4.90 Å². The maximum absolute atomic E-state index is 13.5. The number of likely N-dealkylation sites (tertiary alicyclic amines) is 2. The predicted molar refractivity (Wildman–Crippen MR) is 147 cm³/mol. The van der Waals surface area contributed by atoms with E-state index in [1.807, 2.05) is 36.1 Å². The van der Waals surface area contributed by atoms with Crippen molar-refractivity contribution in [3.63, 3.8) is 0 Å². The van der Waals surface area contributed by atoms with E-state index in [4.69, 9.17) is 9.41 Å². The maximum Gasteiger partial charge on any atom is 0.247 e. The molecule has 2 N–H and O–H groups in total. The van der Waals surface area contributed by atoms with Gasteiger partial charge in [0.05, 0.1) is 6.54 Å². The summed E-state index contributed by atoms with van der Waals surface area (Å²) in [6, 6.07) is 7.02. The molecule has 1 aromatic heterocycles. The lowest BCUT2D eigenvalue weighted by Crippen LogP contribution is -2.46. The molecule has 1 aromatic carbocycles. The van der Waals surface area contributed by atoms with Crippen molar-refractivity contribution in [2.75, 3.05) is 31.5 Å². The number of hydrogen-bond donors (Lipinski definition) is 2. The van der Waals surface area contributed by atoms with Crippen LogP contribution < -0.4 is 10.6 Å². The van der Waals surface area contributed by atoms with Crippen molar-refractivity contribution in [2.24, 2.45) is 10.9 Å². The fourth-order valence-electron chi connectivity index (χ4n) is 5.82. The summed E-state index contributed by atoms with van der Waals surface area (Å²) < 4.78 is 5.69. The van der Waals surface area contributed by atoms with Gasteiger partial charge in [-0.3, -0.25) is 19.7 Å². The molecule has 3 heterocycles. The molecule has 1 atom stereocenters. The van der Waals surface area contributed by atoms with Crippen LogP contribution in [-0.4, -0.2) is 65.7 Å². The van der Waals surface area contributed by atoms with Gasteiger partial charge in [-0.15, -0.1) is 0 Å². The molecule has 2 saturated heterocycles. The van der Waals surface area contributed by atoms with Crippen LogP contribution in [0.4, 0.5) is 5.69 Å². The predicted octanol–water partition coefficient (Wildman–Crippen LogP) is 4.21. The van der Waals surface area contributed by atoms with E-state index < -0.39 is 6.04 Å². The molecule has 1 aliphatic carbocycles. The van der Waals surface area contributed by atoms with Gasteiger partial charge in [0.1, 0.15) is 17.4 Å². The molecule has 38 heavy (non-hydrogen) atoms. The number of rotatable bonds is 5. The zero-order valence-corrected chi connectivity index (χ0v) is 22.3. The molecule has 9 nitrogen and oxygen atoms in total. The molecular formula is C29H39N5O4. The van der Waals surface area contributed by atoms with E-state index in [9.17, 15) is 14.4 Å². The molecule has 0 bridgehead atoms. The number of fused-ring (bicyclic) bond motifs is 1. The van der Waals surface area contributed by atoms with Gasteiger partial charge in [-0.1, -0.05) is 19.3 Å². The van der Waals surface area contributed by atoms with Crippen LogP contribution in [0.3, 0.4) is 0 Å². The highest BCUT2D eigenvalue weighted by molar-refractivity contribution is 6.06. The Morgan fingerprint density at radius 1 is 0.974 bits per heavy atom. The second-order valence-corrected chi connectivity index (χ2v) is 10.9. The topological polar surface area (TPSA) is 107 Å². The van der Waals surface area contributed by atoms with Crippen LogP contribution in [0, 0.1) is 12.8 Å². The van der Waals surface area contributed by atoms with Gasteiger partial charge >= 0.3 is 0 Å². The van der Waals surface area contributed by atoms with E-state index >= 15 is 0 Å². The van der Waals surface area contributed by atoms with E-state index in [-0.39, 0.29) is 36.1 Å². The third kappa shape index (κ3) is 6.37. The first-order valence-corrected chi connectivity index (χ1v) is 14.2. The molecule has 204 valence electrons. The highest BCUT2D eigenvalue weighted by atomic mass is 16.3. The van der Waals surface area contributed by atoms with Gasteiger partial charge in [0.2, 0.25) is 23.7 Å². The molecule has 9 heteroatoms. The van der Waals surface area contributed by atoms with Crippen LogP contribution in [0.2, 0.25) is 0 Å². The van der Waals surface area contributed by atoms with Gasteiger partial charge in [-0.2, -0.15) is 0 Å². The van der Waals surface area contributed by atoms with E-state index in [2.05, 4.69) is 10.6 Å². The SMILES string of the molecule is Cc1cc2cc(NC(=N[C@H]3CCCCN(CC(=O)N4CCCC4)C3=O)NC(=O)C3CCCCC3)ccc2o1. The summed E-state index contributed by atoms with van der Waals surface area (Å²) >= 11 is 0. The molecule has 2 aliphatic heterocycles. The number of nitrogens with zero attached hydrogens (tertiary/aromatic N) is 3. The molecule has 0 spiro atoms. The molecule has 3 aliphatic rings. The average molecular weight is 522 g/mol. The first kappa shape index (κ1) is 26.3. The fraction of sp³-hybridized carbons (Fsp3) is 0.586. The number of aliphatic imine (C=N–C) groups is 1. The lowest BCUT2D eigenvalue weighted by Gasteiger charge is -2.26. The zero-order valence-electron chi connectivity index (χ0n) is 22.3. The Balaban J connectivity index is 1.36. The van der Waals surface area contributed by atoms with E-state index in [0.717, 1.165) is 93.3 Å². The van der Waals surface area contributed by atoms with E-state index in [0.29, 0.717) is 13.0 Å². The second kappa shape index (κ2) is 12.0. The number of amides is 3. The minimum Gasteiger partial charge on any atom is -0.461 e. The number of guanidine groups is 1. The maximum atomic E-state index is 13.5. The van der Waals surface area contributed by atoms with Gasteiger partial charge in [0, 0.05) is 36.6 Å². The number of carbonyl (C=O) groups is 3. The Bertz CT molecular complexity index is 1190. The molecule has 2 aromatic rings. The van der Waals surface area contributed by atoms with Crippen LogP contribution in [-0.2, 0) is 14.4 Å². The summed E-state index contributed by atoms with van der Waals surface area (Å²) in [6.45, 7) is 4.09. The molecule has 0 radical (unpaired) electrons. The Morgan fingerprint density at radius 3 is 2.50 bits per heavy atom. The second-order valence-electron chi connectivity index (χ2n) is 10.9. The van der Waals surface area contributed by atoms with Crippen LogP contribution in [0.25, 0.3) is 11.0 Å². The Labute approximate surface area is 224 Å². The highest BCUT2D eigenvalue weighted by Gasteiger charge is 2.31. The molecule has 5 rings (SSSR count). The average Bonchev–Trinajstić information content (AvgIpc) is 3.55. The number of nitrogens with one attached hydrogen (secondary N) is 2. The van der Waals surface area contributed by atoms with Crippen molar-refractivity contribution < 1.29 is 18.8 Å². The molecular weight excluding hydrogens is 482 g/mol. The van der Waals surface area contributed by atoms with Gasteiger partial charge in [0.25, 0.3) is 0 Å². The molecule has 3 fully saturated rings. The third-order valence-corrected chi connectivity index (χ3v) is 7.94. The summed E-state index contributed by atoms with van der Waals surface area (Å²) in [4.78, 5) is 47.8. The molecule has 1 saturated carbocycles. The Hall–Kier alpha value is -3.36. The van der Waals surface area contributed by atoms with Gasteiger partial charge < -0.3 is 19.5 Å². The zero-order chi connectivity index (χ0) is 26.5. The fourth-order valence-corrected chi connectivity index (χ4v) is 5.82. The van der Waals surface area contributed by atoms with Crippen LogP contribution in [0.1, 0.15) is 70.0 Å². The number of carbonyl (C=O) groups excluding carboxylic acids is 3. The van der Waals surface area contributed by atoms with Gasteiger partial charge in [0.15, 0.2) is 0 Å². The summed E-state index contributed by atoms with van der Waals surface area (Å²) in [6.07, 6.45) is 9.29. The van der Waals surface area contributed by atoms with Crippen molar-refractivity contribution in [1.29, 1.82) is 0 Å². The monoisotopic (exact) mass is 521 g/mol. The lowest BCUT2D eigenvalue weighted by atomic mass is 9.89. The number of hydrogen-bond acceptors (Lipinski definition) is 5. The summed E-state index contributed by atoms with van der Waals surface area (Å²) in [5.41, 5.74) is 1.54. The van der Waals surface area contributed by atoms with Crippen LogP contribution in [0.5, 0.6) is 0 Å². The van der Waals surface area contributed by atoms with Crippen molar-refractivity contribution in [1.82, 2.24) is 15.1 Å². The van der Waals surface area contributed by atoms with Crippen molar-refractivity contribution >= 4 is 40.3 Å². The van der Waals surface area contributed by atoms with E-state index in [1.165, 1.54) is 0 Å². The van der Waals surface area contributed by atoms with Gasteiger partial charge in [-0.25, -0.2) is 4.99 Å². The summed E-state index contributed by atoms with van der Waals surface area (Å²) in [7, 11) is 0. The number of aryl methyl sites for hydroxylation is 1. The number of anilines is 1. The van der Waals surface area contributed by atoms with Gasteiger partial charge in [-0.05, 0) is 76.1 Å². The first-order valence-electron chi connectivity index (χ1n) is 14.2. The van der Waals surface area contributed by atoms with Crippen LogP contribution >= 0.6 is 0 Å². The minimum absolute atomic E-state index is 0.00753. The lowest BCUT2D eigenvalue weighted by molar-refractivity contribution is -0.140. The normalized spacial score (nSPS) is 21.6. The van der Waals surface area contributed by atoms with Crippen molar-refractivity contribution in [2.45, 2.75) is 77.2 Å². The number of furan rings is 1. The Morgan fingerprint density at radius 2 is 1.71 bits per heavy atom. The quantitative estimate of drug-likeness (QED) is 0.453. The summed E-state index contributed by atoms with van der Waals surface area (Å²) in [5, 5.41) is 7.22. The Kier molecular flexibility index (Phi) is 8.29. The smallest absolute Gasteiger partial charge is 0.247 e. The van der Waals surface area contributed by atoms with Crippen molar-refractivity contribution in [3.8, 4) is 0 Å². The molecule has 0 unspecified atom stereocenters. The molecule has 3 amide bonds. The van der Waals surface area contributed by atoms with Crippen molar-refractivity contribution in [3.05, 3.63) is 30.0 Å². The largest absolute Gasteiger partial charge is 0.461 e. The third-order valence-electron chi connectivity index (χ3n) is 7.94. The minimum atomic E-state index is -0.655. The first-order chi connectivity index (χ1) is 18.5. The highest BCUT2D eigenvalue weighted by Crippen LogP contribution is 2.25. The van der Waals surface area contributed by atoms with Crippen LogP contribution in [0.15, 0.2) is 33.7 Å². The summed E-state index contributed by atoms with van der Waals surface area (Å²) in [5.74, 6) is 0.860.